The van der Waals surface area contributed by atoms with E-state index in [2.05, 4.69) is 73.1 Å². The quantitative estimate of drug-likeness (QED) is 0.476. The molecule has 0 saturated carbocycles. The minimum absolute atomic E-state index is 0.304. The Morgan fingerprint density at radius 1 is 0.917 bits per heavy atom. The summed E-state index contributed by atoms with van der Waals surface area (Å²) in [6.07, 6.45) is 1.77. The van der Waals surface area contributed by atoms with Crippen molar-refractivity contribution >= 4 is 33.4 Å². The van der Waals surface area contributed by atoms with Gasteiger partial charge >= 0.3 is 0 Å². The summed E-state index contributed by atoms with van der Waals surface area (Å²) in [6.45, 7) is 6.53. The normalized spacial score (nSPS) is 11.5. The van der Waals surface area contributed by atoms with Gasteiger partial charge < -0.3 is 9.32 Å². The van der Waals surface area contributed by atoms with Gasteiger partial charge in [-0.3, -0.25) is 0 Å². The van der Waals surface area contributed by atoms with Gasteiger partial charge in [0.1, 0.15) is 0 Å². The molecule has 0 amide bonds. The van der Waals surface area contributed by atoms with Gasteiger partial charge in [-0.1, -0.05) is 30.3 Å². The molecule has 0 spiro atoms. The number of aryl methyl sites for hydroxylation is 1. The van der Waals surface area contributed by atoms with E-state index in [9.17, 15) is 0 Å². The van der Waals surface area contributed by atoms with Crippen LogP contribution in [0.2, 0.25) is 0 Å². The van der Waals surface area contributed by atoms with Crippen molar-refractivity contribution in [3.05, 3.63) is 66.4 Å². The fourth-order valence-electron chi connectivity index (χ4n) is 3.33. The van der Waals surface area contributed by atoms with Gasteiger partial charge in [-0.25, -0.2) is 4.98 Å². The summed E-state index contributed by atoms with van der Waals surface area (Å²) in [6, 6.07) is 19.1. The van der Waals surface area contributed by atoms with E-state index in [0.29, 0.717) is 11.8 Å². The topological polar surface area (TPSA) is 29.3 Å². The number of hydrogen-bond donors (Lipinski definition) is 0. The molecule has 3 heteroatoms. The number of para-hydroxylation sites is 1. The first-order valence-corrected chi connectivity index (χ1v) is 8.28. The Hall–Kier alpha value is -2.81. The Morgan fingerprint density at radius 3 is 2.46 bits per heavy atom. The Kier molecular flexibility index (Phi) is 3.49. The second-order valence-electron chi connectivity index (χ2n) is 6.37. The molecule has 4 rings (SSSR count). The molecule has 0 bridgehead atoms. The fraction of sp³-hybridized carbons (Fsp3) is 0.190. The highest BCUT2D eigenvalue weighted by Gasteiger charge is 2.21. The van der Waals surface area contributed by atoms with Gasteiger partial charge in [0.2, 0.25) is 5.71 Å². The molecular weight excluding hydrogens is 296 g/mol. The maximum absolute atomic E-state index is 6.16. The first-order chi connectivity index (χ1) is 11.7. The highest BCUT2D eigenvalue weighted by molar-refractivity contribution is 6.09. The Balaban J connectivity index is 2.05. The van der Waals surface area contributed by atoms with Crippen LogP contribution >= 0.6 is 0 Å². The summed E-state index contributed by atoms with van der Waals surface area (Å²) in [4.78, 5) is 6.71. The number of hydrogen-bond acceptors (Lipinski definition) is 3. The molecule has 0 aliphatic rings. The van der Waals surface area contributed by atoms with Crippen LogP contribution in [-0.4, -0.2) is 11.0 Å². The van der Waals surface area contributed by atoms with Gasteiger partial charge in [0.05, 0.1) is 5.69 Å². The van der Waals surface area contributed by atoms with Crippen LogP contribution in [0.4, 0.5) is 11.4 Å². The van der Waals surface area contributed by atoms with E-state index >= 15 is 0 Å². The lowest BCUT2D eigenvalue weighted by Gasteiger charge is -2.30. The van der Waals surface area contributed by atoms with Crippen molar-refractivity contribution in [2.75, 3.05) is 4.90 Å². The van der Waals surface area contributed by atoms with Crippen molar-refractivity contribution in [2.24, 2.45) is 0 Å². The van der Waals surface area contributed by atoms with Crippen LogP contribution in [0.1, 0.15) is 19.4 Å². The first-order valence-electron chi connectivity index (χ1n) is 8.28. The molecule has 2 aromatic heterocycles. The summed E-state index contributed by atoms with van der Waals surface area (Å²) < 4.78 is 6.16. The largest absolute Gasteiger partial charge is 0.435 e. The SMILES string of the molecule is Cc1ccc2c(oc3ncccc32)c1N(c1ccccc1)C(C)C. The number of nitrogens with zero attached hydrogens (tertiary/aromatic N) is 2. The van der Waals surface area contributed by atoms with Crippen LogP contribution < -0.4 is 4.90 Å². The second kappa shape index (κ2) is 5.68. The van der Waals surface area contributed by atoms with Gasteiger partial charge in [-0.15, -0.1) is 0 Å². The number of pyridine rings is 1. The van der Waals surface area contributed by atoms with Gasteiger partial charge in [0, 0.05) is 28.7 Å². The first kappa shape index (κ1) is 14.8. The van der Waals surface area contributed by atoms with Crippen molar-refractivity contribution in [1.29, 1.82) is 0 Å². The van der Waals surface area contributed by atoms with Crippen LogP contribution in [0.3, 0.4) is 0 Å². The number of aromatic nitrogens is 1. The lowest BCUT2D eigenvalue weighted by molar-refractivity contribution is 0.649. The van der Waals surface area contributed by atoms with Gasteiger partial charge in [-0.05, 0) is 50.6 Å². The van der Waals surface area contributed by atoms with Gasteiger partial charge in [0.15, 0.2) is 5.58 Å². The number of furan rings is 1. The molecule has 0 unspecified atom stereocenters. The Morgan fingerprint density at radius 2 is 1.71 bits per heavy atom. The van der Waals surface area contributed by atoms with E-state index in [1.165, 1.54) is 5.56 Å². The summed E-state index contributed by atoms with van der Waals surface area (Å²) in [7, 11) is 0. The summed E-state index contributed by atoms with van der Waals surface area (Å²) in [5.74, 6) is 0. The summed E-state index contributed by atoms with van der Waals surface area (Å²) in [5.41, 5.74) is 5.07. The van der Waals surface area contributed by atoms with Gasteiger partial charge in [0.25, 0.3) is 0 Å². The highest BCUT2D eigenvalue weighted by Crippen LogP contribution is 2.40. The summed E-state index contributed by atoms with van der Waals surface area (Å²) >= 11 is 0. The minimum Gasteiger partial charge on any atom is -0.435 e. The summed E-state index contributed by atoms with van der Waals surface area (Å²) in [5, 5.41) is 2.17. The van der Waals surface area contributed by atoms with Crippen LogP contribution in [0.25, 0.3) is 22.1 Å². The predicted octanol–water partition coefficient (Wildman–Crippen LogP) is 5.84. The third-order valence-electron chi connectivity index (χ3n) is 4.38. The van der Waals surface area contributed by atoms with Crippen LogP contribution in [0, 0.1) is 6.92 Å². The van der Waals surface area contributed by atoms with E-state index in [1.807, 2.05) is 12.1 Å². The molecule has 0 N–H and O–H groups in total. The third kappa shape index (κ3) is 2.24. The molecule has 3 nitrogen and oxygen atoms in total. The van der Waals surface area contributed by atoms with Crippen LogP contribution in [-0.2, 0) is 0 Å². The predicted molar refractivity (Wildman–Crippen MR) is 100.0 cm³/mol. The smallest absolute Gasteiger partial charge is 0.227 e. The fourth-order valence-corrected chi connectivity index (χ4v) is 3.33. The van der Waals surface area contributed by atoms with Gasteiger partial charge in [-0.2, -0.15) is 0 Å². The maximum Gasteiger partial charge on any atom is 0.227 e. The molecule has 0 aliphatic heterocycles. The molecule has 0 atom stereocenters. The molecule has 24 heavy (non-hydrogen) atoms. The molecule has 4 aromatic rings. The number of anilines is 2. The van der Waals surface area contributed by atoms with E-state index in [4.69, 9.17) is 4.42 Å². The van der Waals surface area contributed by atoms with Crippen LogP contribution in [0.15, 0.2) is 65.2 Å². The van der Waals surface area contributed by atoms with Crippen molar-refractivity contribution in [3.63, 3.8) is 0 Å². The van der Waals surface area contributed by atoms with Crippen molar-refractivity contribution in [1.82, 2.24) is 4.98 Å². The zero-order valence-corrected chi connectivity index (χ0v) is 14.2. The van der Waals surface area contributed by atoms with Crippen LogP contribution in [0.5, 0.6) is 0 Å². The second-order valence-corrected chi connectivity index (χ2v) is 6.37. The Bertz CT molecular complexity index is 1000. The lowest BCUT2D eigenvalue weighted by Crippen LogP contribution is -2.26. The average Bonchev–Trinajstić information content (AvgIpc) is 2.96. The van der Waals surface area contributed by atoms with E-state index in [0.717, 1.165) is 27.7 Å². The molecular formula is C21H20N2O. The molecule has 0 saturated heterocycles. The third-order valence-corrected chi connectivity index (χ3v) is 4.38. The van der Waals surface area contributed by atoms with Crippen molar-refractivity contribution in [3.8, 4) is 0 Å². The molecule has 0 radical (unpaired) electrons. The minimum atomic E-state index is 0.304. The molecule has 0 aliphatic carbocycles. The Labute approximate surface area is 141 Å². The zero-order chi connectivity index (χ0) is 16.7. The number of benzene rings is 2. The maximum atomic E-state index is 6.16. The molecule has 0 fully saturated rings. The zero-order valence-electron chi connectivity index (χ0n) is 14.2. The van der Waals surface area contributed by atoms with Crippen molar-refractivity contribution in [2.45, 2.75) is 26.8 Å². The average molecular weight is 316 g/mol. The lowest BCUT2D eigenvalue weighted by atomic mass is 10.1. The highest BCUT2D eigenvalue weighted by atomic mass is 16.3. The monoisotopic (exact) mass is 316 g/mol. The van der Waals surface area contributed by atoms with Crippen molar-refractivity contribution < 1.29 is 4.42 Å². The van der Waals surface area contributed by atoms with E-state index < -0.39 is 0 Å². The molecule has 2 heterocycles. The van der Waals surface area contributed by atoms with E-state index in [-0.39, 0.29) is 0 Å². The number of rotatable bonds is 3. The van der Waals surface area contributed by atoms with E-state index in [1.54, 1.807) is 6.20 Å². The standard InChI is InChI=1S/C21H20N2O/c1-14(2)23(16-8-5-4-6-9-16)19-15(3)11-12-17-18-10-7-13-22-21(18)24-20(17)19/h4-14H,1-3H3. The molecule has 120 valence electrons. The number of fused-ring (bicyclic) bond motifs is 3. The molecule has 2 aromatic carbocycles.